The number of carbonyl (C=O) groups is 2. The van der Waals surface area contributed by atoms with Crippen molar-refractivity contribution in [2.24, 2.45) is 5.92 Å². The molecule has 0 spiro atoms. The van der Waals surface area contributed by atoms with Crippen LogP contribution in [0, 0.1) is 5.92 Å². The Hall–Kier alpha value is -1.60. The third-order valence-corrected chi connectivity index (χ3v) is 7.10. The molecule has 1 aromatic rings. The van der Waals surface area contributed by atoms with Crippen LogP contribution in [0.25, 0.3) is 6.08 Å². The van der Waals surface area contributed by atoms with Crippen molar-refractivity contribution in [2.75, 3.05) is 45.8 Å². The molecule has 1 N–H and O–H groups in total. The molecule has 2 aliphatic heterocycles. The molecular weight excluding hydrogens is 449 g/mol. The van der Waals surface area contributed by atoms with Crippen LogP contribution in [0.5, 0.6) is 0 Å². The van der Waals surface area contributed by atoms with Crippen molar-refractivity contribution in [2.45, 2.75) is 38.7 Å². The molecule has 2 aliphatic rings. The molecule has 32 heavy (non-hydrogen) atoms. The number of piperidine rings is 1. The number of hydrogen-bond donors (Lipinski definition) is 1. The lowest BCUT2D eigenvalue weighted by Crippen LogP contribution is -2.42. The standard InChI is InChI=1S/C24H33Cl2N3O3/c1-18-17-27(12-8-22(18)30)10-2-3-11-28-14-15-29(13-9-24(28)32)23(31)7-5-19-4-6-20(25)21(26)16-19/h4-7,16,18,22,30H,2-3,8-15,17H2,1H3/b7-5+. The molecule has 2 fully saturated rings. The Balaban J connectivity index is 1.41. The molecule has 2 atom stereocenters. The van der Waals surface area contributed by atoms with Crippen LogP contribution >= 0.6 is 23.2 Å². The number of benzene rings is 1. The SMILES string of the molecule is CC1CN(CCCCN2CCN(C(=O)/C=C/c3ccc(Cl)c(Cl)c3)CCC2=O)CCC1O. The largest absolute Gasteiger partial charge is 0.393 e. The van der Waals surface area contributed by atoms with Crippen LogP contribution < -0.4 is 0 Å². The Bertz CT molecular complexity index is 833. The predicted octanol–water partition coefficient (Wildman–Crippen LogP) is 3.55. The fourth-order valence-corrected chi connectivity index (χ4v) is 4.58. The van der Waals surface area contributed by atoms with E-state index in [-0.39, 0.29) is 17.9 Å². The van der Waals surface area contributed by atoms with E-state index in [2.05, 4.69) is 11.8 Å². The lowest BCUT2D eigenvalue weighted by Gasteiger charge is -2.34. The molecule has 2 saturated heterocycles. The summed E-state index contributed by atoms with van der Waals surface area (Å²) in [6.45, 7) is 7.26. The summed E-state index contributed by atoms with van der Waals surface area (Å²) in [5, 5.41) is 10.8. The quantitative estimate of drug-likeness (QED) is 0.477. The minimum Gasteiger partial charge on any atom is -0.393 e. The summed E-state index contributed by atoms with van der Waals surface area (Å²) in [7, 11) is 0. The highest BCUT2D eigenvalue weighted by atomic mass is 35.5. The Morgan fingerprint density at radius 1 is 1.12 bits per heavy atom. The summed E-state index contributed by atoms with van der Waals surface area (Å²) in [5.41, 5.74) is 0.804. The van der Waals surface area contributed by atoms with Gasteiger partial charge in [-0.3, -0.25) is 9.59 Å². The van der Waals surface area contributed by atoms with E-state index >= 15 is 0 Å². The van der Waals surface area contributed by atoms with Gasteiger partial charge in [0, 0.05) is 51.8 Å². The zero-order valence-corrected chi connectivity index (χ0v) is 20.2. The maximum Gasteiger partial charge on any atom is 0.246 e. The monoisotopic (exact) mass is 481 g/mol. The number of carbonyl (C=O) groups excluding carboxylic acids is 2. The third kappa shape index (κ3) is 7.20. The normalized spacial score (nSPS) is 23.1. The van der Waals surface area contributed by atoms with Gasteiger partial charge in [0.25, 0.3) is 0 Å². The summed E-state index contributed by atoms with van der Waals surface area (Å²) in [6, 6.07) is 5.22. The molecule has 0 aliphatic carbocycles. The highest BCUT2D eigenvalue weighted by Gasteiger charge is 2.24. The summed E-state index contributed by atoms with van der Waals surface area (Å²) in [6.07, 6.45) is 6.24. The first-order chi connectivity index (χ1) is 15.3. The maximum absolute atomic E-state index is 12.6. The van der Waals surface area contributed by atoms with Crippen molar-refractivity contribution in [3.8, 4) is 0 Å². The molecule has 0 saturated carbocycles. The van der Waals surface area contributed by atoms with Crippen LogP contribution in [0.1, 0.15) is 38.2 Å². The topological polar surface area (TPSA) is 64.1 Å². The molecule has 0 aromatic heterocycles. The molecule has 3 rings (SSSR count). The lowest BCUT2D eigenvalue weighted by molar-refractivity contribution is -0.130. The van der Waals surface area contributed by atoms with E-state index in [1.165, 1.54) is 6.08 Å². The van der Waals surface area contributed by atoms with Crippen LogP contribution in [-0.2, 0) is 9.59 Å². The number of nitrogens with zero attached hydrogens (tertiary/aromatic N) is 3. The van der Waals surface area contributed by atoms with Crippen molar-refractivity contribution in [3.05, 3.63) is 39.9 Å². The predicted molar refractivity (Wildman–Crippen MR) is 129 cm³/mol. The van der Waals surface area contributed by atoms with E-state index in [1.54, 1.807) is 29.2 Å². The van der Waals surface area contributed by atoms with E-state index < -0.39 is 0 Å². The van der Waals surface area contributed by atoms with Gasteiger partial charge in [-0.25, -0.2) is 0 Å². The second kappa shape index (κ2) is 12.0. The highest BCUT2D eigenvalue weighted by Crippen LogP contribution is 2.23. The molecule has 0 radical (unpaired) electrons. The van der Waals surface area contributed by atoms with Gasteiger partial charge in [0.15, 0.2) is 0 Å². The summed E-state index contributed by atoms with van der Waals surface area (Å²) < 4.78 is 0. The lowest BCUT2D eigenvalue weighted by atomic mass is 9.96. The molecule has 176 valence electrons. The molecular formula is C24H33Cl2N3O3. The Labute approximate surface area is 200 Å². The average Bonchev–Trinajstić information content (AvgIpc) is 2.96. The Morgan fingerprint density at radius 3 is 2.66 bits per heavy atom. The molecule has 8 heteroatoms. The van der Waals surface area contributed by atoms with E-state index in [0.717, 1.165) is 51.0 Å². The second-order valence-electron chi connectivity index (χ2n) is 8.80. The number of hydrogen-bond acceptors (Lipinski definition) is 4. The molecule has 6 nitrogen and oxygen atoms in total. The smallest absolute Gasteiger partial charge is 0.246 e. The Kier molecular flexibility index (Phi) is 9.41. The van der Waals surface area contributed by atoms with Crippen LogP contribution in [0.4, 0.5) is 0 Å². The summed E-state index contributed by atoms with van der Waals surface area (Å²) in [4.78, 5) is 31.1. The van der Waals surface area contributed by atoms with E-state index in [9.17, 15) is 14.7 Å². The first kappa shape index (κ1) is 25.0. The molecule has 2 amide bonds. The van der Waals surface area contributed by atoms with Crippen LogP contribution in [0.2, 0.25) is 10.0 Å². The zero-order valence-electron chi connectivity index (χ0n) is 18.7. The van der Waals surface area contributed by atoms with Gasteiger partial charge in [-0.05, 0) is 55.5 Å². The van der Waals surface area contributed by atoms with Crippen LogP contribution in [0.3, 0.4) is 0 Å². The van der Waals surface area contributed by atoms with Gasteiger partial charge in [0.2, 0.25) is 11.8 Å². The van der Waals surface area contributed by atoms with Gasteiger partial charge < -0.3 is 19.8 Å². The van der Waals surface area contributed by atoms with Gasteiger partial charge in [-0.2, -0.15) is 0 Å². The maximum atomic E-state index is 12.6. The van der Waals surface area contributed by atoms with E-state index in [4.69, 9.17) is 23.2 Å². The first-order valence-corrected chi connectivity index (χ1v) is 12.2. The molecule has 2 unspecified atom stereocenters. The number of rotatable bonds is 7. The van der Waals surface area contributed by atoms with Crippen LogP contribution in [0.15, 0.2) is 24.3 Å². The first-order valence-electron chi connectivity index (χ1n) is 11.4. The van der Waals surface area contributed by atoms with Gasteiger partial charge >= 0.3 is 0 Å². The number of aliphatic hydroxyl groups is 1. The number of halogens is 2. The number of unbranched alkanes of at least 4 members (excludes halogenated alkanes) is 1. The van der Waals surface area contributed by atoms with Crippen molar-refractivity contribution in [3.63, 3.8) is 0 Å². The Morgan fingerprint density at radius 2 is 1.91 bits per heavy atom. The van der Waals surface area contributed by atoms with Crippen molar-refractivity contribution in [1.29, 1.82) is 0 Å². The number of aliphatic hydroxyl groups excluding tert-OH is 1. The molecule has 0 bridgehead atoms. The van der Waals surface area contributed by atoms with Gasteiger partial charge in [0.1, 0.15) is 0 Å². The fourth-order valence-electron chi connectivity index (χ4n) is 4.27. The van der Waals surface area contributed by atoms with E-state index in [0.29, 0.717) is 42.0 Å². The number of amides is 2. The van der Waals surface area contributed by atoms with Crippen molar-refractivity contribution < 1.29 is 14.7 Å². The van der Waals surface area contributed by atoms with Gasteiger partial charge in [-0.1, -0.05) is 36.2 Å². The van der Waals surface area contributed by atoms with Crippen LogP contribution in [-0.4, -0.2) is 83.5 Å². The minimum absolute atomic E-state index is 0.105. The van der Waals surface area contributed by atoms with Crippen molar-refractivity contribution >= 4 is 41.1 Å². The van der Waals surface area contributed by atoms with Crippen molar-refractivity contribution in [1.82, 2.24) is 14.7 Å². The van der Waals surface area contributed by atoms with Gasteiger partial charge in [0.05, 0.1) is 16.1 Å². The minimum atomic E-state index is -0.175. The van der Waals surface area contributed by atoms with E-state index in [1.807, 2.05) is 4.90 Å². The fraction of sp³-hybridized carbons (Fsp3) is 0.583. The number of likely N-dealkylation sites (tertiary alicyclic amines) is 1. The highest BCUT2D eigenvalue weighted by molar-refractivity contribution is 6.42. The zero-order chi connectivity index (χ0) is 23.1. The molecule has 2 heterocycles. The average molecular weight is 482 g/mol. The third-order valence-electron chi connectivity index (χ3n) is 6.36. The van der Waals surface area contributed by atoms with Gasteiger partial charge in [-0.15, -0.1) is 0 Å². The second-order valence-corrected chi connectivity index (χ2v) is 9.62. The molecule has 1 aromatic carbocycles. The summed E-state index contributed by atoms with van der Waals surface area (Å²) in [5.74, 6) is 0.334. The summed E-state index contributed by atoms with van der Waals surface area (Å²) >= 11 is 12.0.